The molecule has 0 spiro atoms. The Morgan fingerprint density at radius 1 is 1.04 bits per heavy atom. The molecule has 0 aliphatic heterocycles. The van der Waals surface area contributed by atoms with Gasteiger partial charge in [-0.2, -0.15) is 0 Å². The summed E-state index contributed by atoms with van der Waals surface area (Å²) < 4.78 is 5.70. The highest BCUT2D eigenvalue weighted by molar-refractivity contribution is 7.80. The molecule has 1 atom stereocenters. The van der Waals surface area contributed by atoms with E-state index in [4.69, 9.17) is 17.0 Å². The third kappa shape index (κ3) is 6.59. The van der Waals surface area contributed by atoms with E-state index in [0.29, 0.717) is 11.2 Å². The molecule has 0 saturated carbocycles. The number of hydrogen-bond donors (Lipinski definition) is 2. The molecule has 0 saturated heterocycles. The smallest absolute Gasteiger partial charge is 0.170 e. The summed E-state index contributed by atoms with van der Waals surface area (Å²) in [6, 6.07) is 18.7. The Morgan fingerprint density at radius 2 is 1.79 bits per heavy atom. The van der Waals surface area contributed by atoms with Gasteiger partial charge in [0.15, 0.2) is 5.11 Å². The predicted octanol–water partition coefficient (Wildman–Crippen LogP) is 4.78. The van der Waals surface area contributed by atoms with Gasteiger partial charge in [-0.15, -0.1) is 0 Å². The molecule has 0 radical (unpaired) electrons. The van der Waals surface area contributed by atoms with E-state index in [-0.39, 0.29) is 6.10 Å². The summed E-state index contributed by atoms with van der Waals surface area (Å²) in [6.45, 7) is 6.18. The Hall–Kier alpha value is -2.07. The van der Waals surface area contributed by atoms with Crippen LogP contribution < -0.4 is 15.4 Å². The lowest BCUT2D eigenvalue weighted by molar-refractivity contribution is 0.242. The first-order chi connectivity index (χ1) is 11.5. The quantitative estimate of drug-likeness (QED) is 0.709. The molecule has 0 fully saturated rings. The van der Waals surface area contributed by atoms with Crippen LogP contribution in [0.25, 0.3) is 0 Å². The van der Waals surface area contributed by atoms with E-state index in [1.807, 2.05) is 44.2 Å². The average molecular weight is 343 g/mol. The zero-order valence-corrected chi connectivity index (χ0v) is 15.4. The number of anilines is 1. The third-order valence-electron chi connectivity index (χ3n) is 3.55. The van der Waals surface area contributed by atoms with E-state index in [9.17, 15) is 0 Å². The lowest BCUT2D eigenvalue weighted by Crippen LogP contribution is -2.36. The molecule has 0 aliphatic carbocycles. The second kappa shape index (κ2) is 9.28. The molecule has 2 N–H and O–H groups in total. The van der Waals surface area contributed by atoms with Crippen molar-refractivity contribution in [2.75, 3.05) is 5.32 Å². The summed E-state index contributed by atoms with van der Waals surface area (Å²) in [6.07, 6.45) is 2.22. The number of ether oxygens (including phenoxy) is 1. The van der Waals surface area contributed by atoms with Crippen molar-refractivity contribution in [1.29, 1.82) is 0 Å². The van der Waals surface area contributed by atoms with Gasteiger partial charge in [0.1, 0.15) is 5.75 Å². The van der Waals surface area contributed by atoms with Crippen molar-refractivity contribution in [3.8, 4) is 5.75 Å². The molecule has 0 amide bonds. The topological polar surface area (TPSA) is 33.3 Å². The van der Waals surface area contributed by atoms with Gasteiger partial charge >= 0.3 is 0 Å². The van der Waals surface area contributed by atoms with E-state index < -0.39 is 0 Å². The lowest BCUT2D eigenvalue weighted by Gasteiger charge is -2.17. The van der Waals surface area contributed by atoms with Crippen LogP contribution in [0, 0.1) is 0 Å². The van der Waals surface area contributed by atoms with Crippen molar-refractivity contribution < 1.29 is 4.74 Å². The summed E-state index contributed by atoms with van der Waals surface area (Å²) in [4.78, 5) is 0. The van der Waals surface area contributed by atoms with Crippen LogP contribution in [0.15, 0.2) is 54.6 Å². The Kier molecular flexibility index (Phi) is 7.07. The maximum Gasteiger partial charge on any atom is 0.170 e. The number of nitrogens with one attached hydrogen (secondary N) is 2. The van der Waals surface area contributed by atoms with Crippen molar-refractivity contribution in [3.63, 3.8) is 0 Å². The Morgan fingerprint density at radius 3 is 2.50 bits per heavy atom. The minimum absolute atomic E-state index is 0.156. The molecule has 4 heteroatoms. The van der Waals surface area contributed by atoms with Gasteiger partial charge in [-0.25, -0.2) is 0 Å². The summed E-state index contributed by atoms with van der Waals surface area (Å²) in [5, 5.41) is 7.20. The van der Waals surface area contributed by atoms with Crippen molar-refractivity contribution in [1.82, 2.24) is 5.32 Å². The van der Waals surface area contributed by atoms with Crippen molar-refractivity contribution in [2.45, 2.75) is 45.8 Å². The van der Waals surface area contributed by atoms with Crippen LogP contribution in [0.1, 0.15) is 32.8 Å². The second-order valence-corrected chi connectivity index (χ2v) is 6.63. The Labute approximate surface area is 150 Å². The fourth-order valence-electron chi connectivity index (χ4n) is 2.41. The van der Waals surface area contributed by atoms with Gasteiger partial charge in [-0.05, 0) is 63.5 Å². The first-order valence-electron chi connectivity index (χ1n) is 8.41. The number of thiocarbonyl (C=S) groups is 1. The van der Waals surface area contributed by atoms with Crippen LogP contribution in [0.4, 0.5) is 5.69 Å². The average Bonchev–Trinajstić information content (AvgIpc) is 2.53. The molecule has 0 aromatic heterocycles. The Balaban J connectivity index is 1.80. The molecule has 0 aliphatic rings. The lowest BCUT2D eigenvalue weighted by atomic mass is 10.1. The first kappa shape index (κ1) is 18.3. The molecule has 0 heterocycles. The molecular formula is C20H26N2OS. The highest BCUT2D eigenvalue weighted by Gasteiger charge is 2.06. The van der Waals surface area contributed by atoms with Crippen LogP contribution in [-0.4, -0.2) is 17.3 Å². The van der Waals surface area contributed by atoms with Gasteiger partial charge in [0.05, 0.1) is 6.10 Å². The summed E-state index contributed by atoms with van der Waals surface area (Å²) in [5.41, 5.74) is 2.28. The monoisotopic (exact) mass is 342 g/mol. The minimum atomic E-state index is 0.156. The minimum Gasteiger partial charge on any atom is -0.491 e. The number of benzene rings is 2. The van der Waals surface area contributed by atoms with Gasteiger partial charge in [0.25, 0.3) is 0 Å². The third-order valence-corrected chi connectivity index (χ3v) is 3.77. The number of rotatable bonds is 7. The van der Waals surface area contributed by atoms with Gasteiger partial charge < -0.3 is 15.4 Å². The summed E-state index contributed by atoms with van der Waals surface area (Å²) in [5.74, 6) is 0.843. The normalized spacial score (nSPS) is 11.8. The molecule has 24 heavy (non-hydrogen) atoms. The van der Waals surface area contributed by atoms with Crippen LogP contribution in [0.2, 0.25) is 0 Å². The Bertz CT molecular complexity index is 643. The highest BCUT2D eigenvalue weighted by Crippen LogP contribution is 2.18. The maximum atomic E-state index is 5.70. The van der Waals surface area contributed by atoms with Crippen molar-refractivity contribution >= 4 is 23.0 Å². The van der Waals surface area contributed by atoms with Crippen molar-refractivity contribution in [2.24, 2.45) is 0 Å². The first-order valence-corrected chi connectivity index (χ1v) is 8.82. The molecule has 0 unspecified atom stereocenters. The van der Waals surface area contributed by atoms with Gasteiger partial charge in [-0.1, -0.05) is 36.4 Å². The molecule has 3 nitrogen and oxygen atoms in total. The number of aryl methyl sites for hydroxylation is 1. The fraction of sp³-hybridized carbons (Fsp3) is 0.350. The van der Waals surface area contributed by atoms with Crippen LogP contribution >= 0.6 is 12.2 Å². The summed E-state index contributed by atoms with van der Waals surface area (Å²) in [7, 11) is 0. The van der Waals surface area contributed by atoms with E-state index in [1.54, 1.807) is 0 Å². The standard InChI is InChI=1S/C20H26N2OS/c1-15(2)23-19-11-7-10-18(14-19)22-20(24)21-16(3)12-13-17-8-5-4-6-9-17/h4-11,14-16H,12-13H2,1-3H3,(H2,21,22,24)/t16-/m1/s1. The molecule has 128 valence electrons. The molecule has 2 rings (SSSR count). The highest BCUT2D eigenvalue weighted by atomic mass is 32.1. The van der Waals surface area contributed by atoms with Gasteiger partial charge in [0, 0.05) is 17.8 Å². The van der Waals surface area contributed by atoms with E-state index in [0.717, 1.165) is 24.3 Å². The van der Waals surface area contributed by atoms with E-state index in [2.05, 4.69) is 41.8 Å². The zero-order valence-electron chi connectivity index (χ0n) is 14.6. The maximum absolute atomic E-state index is 5.70. The SMILES string of the molecule is CC(C)Oc1cccc(NC(=S)N[C@H](C)CCc2ccccc2)c1. The molecule has 2 aromatic rings. The van der Waals surface area contributed by atoms with E-state index >= 15 is 0 Å². The summed E-state index contributed by atoms with van der Waals surface area (Å²) >= 11 is 5.41. The molecule has 2 aromatic carbocycles. The molecular weight excluding hydrogens is 316 g/mol. The largest absolute Gasteiger partial charge is 0.491 e. The predicted molar refractivity (Wildman–Crippen MR) is 106 cm³/mol. The van der Waals surface area contributed by atoms with Gasteiger partial charge in [-0.3, -0.25) is 0 Å². The number of hydrogen-bond acceptors (Lipinski definition) is 2. The fourth-order valence-corrected chi connectivity index (χ4v) is 2.73. The van der Waals surface area contributed by atoms with Crippen LogP contribution in [0.3, 0.4) is 0 Å². The van der Waals surface area contributed by atoms with Crippen LogP contribution in [0.5, 0.6) is 5.75 Å². The van der Waals surface area contributed by atoms with Crippen molar-refractivity contribution in [3.05, 3.63) is 60.2 Å². The van der Waals surface area contributed by atoms with E-state index in [1.165, 1.54) is 5.56 Å². The molecule has 0 bridgehead atoms. The zero-order chi connectivity index (χ0) is 17.4. The van der Waals surface area contributed by atoms with Crippen LogP contribution in [-0.2, 0) is 6.42 Å². The second-order valence-electron chi connectivity index (χ2n) is 6.22. The van der Waals surface area contributed by atoms with Gasteiger partial charge in [0.2, 0.25) is 0 Å².